The van der Waals surface area contributed by atoms with E-state index in [9.17, 15) is 13.2 Å². The quantitative estimate of drug-likeness (QED) is 0.804. The van der Waals surface area contributed by atoms with Crippen molar-refractivity contribution in [3.8, 4) is 0 Å². The van der Waals surface area contributed by atoms with Crippen molar-refractivity contribution >= 4 is 0 Å². The molecule has 6 heteroatoms. The Morgan fingerprint density at radius 3 is 2.25 bits per heavy atom. The van der Waals surface area contributed by atoms with Crippen LogP contribution in [-0.4, -0.2) is 67.8 Å². The lowest BCUT2D eigenvalue weighted by atomic mass is 10.0. The molecule has 2 atom stereocenters. The summed E-state index contributed by atoms with van der Waals surface area (Å²) in [6, 6.07) is 0.988. The zero-order chi connectivity index (χ0) is 14.6. The van der Waals surface area contributed by atoms with Gasteiger partial charge in [-0.3, -0.25) is 9.80 Å². The van der Waals surface area contributed by atoms with Gasteiger partial charge in [-0.1, -0.05) is 19.3 Å². The molecule has 1 saturated carbocycles. The Morgan fingerprint density at radius 1 is 1.00 bits per heavy atom. The molecule has 118 valence electrons. The van der Waals surface area contributed by atoms with Crippen LogP contribution < -0.4 is 5.32 Å². The van der Waals surface area contributed by atoms with Crippen molar-refractivity contribution in [3.05, 3.63) is 0 Å². The summed E-state index contributed by atoms with van der Waals surface area (Å²) < 4.78 is 37.2. The van der Waals surface area contributed by atoms with Crippen LogP contribution in [0.2, 0.25) is 0 Å². The molecule has 2 aliphatic rings. The molecular formula is C14H26F3N3. The summed E-state index contributed by atoms with van der Waals surface area (Å²) >= 11 is 0. The molecule has 0 aromatic carbocycles. The summed E-state index contributed by atoms with van der Waals surface area (Å²) in [5, 5.41) is 3.41. The molecule has 3 nitrogen and oxygen atoms in total. The Balaban J connectivity index is 1.85. The zero-order valence-electron chi connectivity index (χ0n) is 12.3. The summed E-state index contributed by atoms with van der Waals surface area (Å²) in [4.78, 5) is 3.93. The Morgan fingerprint density at radius 2 is 1.65 bits per heavy atom. The van der Waals surface area contributed by atoms with Crippen molar-refractivity contribution in [2.24, 2.45) is 0 Å². The number of alkyl halides is 3. The van der Waals surface area contributed by atoms with Gasteiger partial charge in [-0.2, -0.15) is 13.2 Å². The molecule has 20 heavy (non-hydrogen) atoms. The third-order valence-corrected chi connectivity index (χ3v) is 4.63. The second kappa shape index (κ2) is 7.09. The largest absolute Gasteiger partial charge is 0.401 e. The summed E-state index contributed by atoms with van der Waals surface area (Å²) in [6.45, 7) is 1.83. The van der Waals surface area contributed by atoms with Crippen LogP contribution in [0.25, 0.3) is 0 Å². The summed E-state index contributed by atoms with van der Waals surface area (Å²) in [5.41, 5.74) is 0. The van der Waals surface area contributed by atoms with Gasteiger partial charge in [0.05, 0.1) is 6.54 Å². The van der Waals surface area contributed by atoms with E-state index in [1.807, 2.05) is 7.05 Å². The molecule has 1 heterocycles. The molecular weight excluding hydrogens is 267 g/mol. The lowest BCUT2D eigenvalue weighted by Crippen LogP contribution is -2.56. The van der Waals surface area contributed by atoms with Crippen LogP contribution in [-0.2, 0) is 0 Å². The van der Waals surface area contributed by atoms with Crippen LogP contribution in [0.3, 0.4) is 0 Å². The first kappa shape index (κ1) is 16.0. The number of hydrogen-bond donors (Lipinski definition) is 1. The van der Waals surface area contributed by atoms with Gasteiger partial charge < -0.3 is 5.32 Å². The van der Waals surface area contributed by atoms with Gasteiger partial charge >= 0.3 is 6.18 Å². The topological polar surface area (TPSA) is 18.5 Å². The Bertz CT molecular complexity index is 288. The zero-order valence-corrected chi connectivity index (χ0v) is 12.3. The Kier molecular flexibility index (Phi) is 5.69. The van der Waals surface area contributed by atoms with E-state index in [1.54, 1.807) is 0 Å². The highest BCUT2D eigenvalue weighted by molar-refractivity contribution is 4.88. The van der Waals surface area contributed by atoms with Gasteiger partial charge in [0.1, 0.15) is 0 Å². The Labute approximate surface area is 119 Å². The molecule has 0 aromatic rings. The van der Waals surface area contributed by atoms with Crippen LogP contribution in [0.5, 0.6) is 0 Å². The predicted octanol–water partition coefficient (Wildman–Crippen LogP) is 2.09. The summed E-state index contributed by atoms with van der Waals surface area (Å²) in [7, 11) is 2.00. The van der Waals surface area contributed by atoms with E-state index >= 15 is 0 Å². The highest BCUT2D eigenvalue weighted by Gasteiger charge is 2.34. The van der Waals surface area contributed by atoms with Gasteiger partial charge in [0.15, 0.2) is 0 Å². The molecule has 0 aromatic heterocycles. The first-order valence-corrected chi connectivity index (χ1v) is 7.70. The fraction of sp³-hybridized carbons (Fsp3) is 1.00. The number of halogens is 3. The minimum absolute atomic E-state index is 0.492. The van der Waals surface area contributed by atoms with E-state index in [0.717, 1.165) is 13.1 Å². The maximum atomic E-state index is 12.4. The molecule has 0 radical (unpaired) electrons. The highest BCUT2D eigenvalue weighted by Crippen LogP contribution is 2.24. The van der Waals surface area contributed by atoms with Gasteiger partial charge in [0.25, 0.3) is 0 Å². The lowest BCUT2D eigenvalue weighted by molar-refractivity contribution is -0.150. The van der Waals surface area contributed by atoms with E-state index < -0.39 is 12.7 Å². The van der Waals surface area contributed by atoms with Gasteiger partial charge in [-0.25, -0.2) is 0 Å². The van der Waals surface area contributed by atoms with Crippen LogP contribution >= 0.6 is 0 Å². The predicted molar refractivity (Wildman–Crippen MR) is 73.8 cm³/mol. The minimum Gasteiger partial charge on any atom is -0.315 e. The smallest absolute Gasteiger partial charge is 0.315 e. The third kappa shape index (κ3) is 4.60. The fourth-order valence-corrected chi connectivity index (χ4v) is 3.57. The van der Waals surface area contributed by atoms with Gasteiger partial charge in [0, 0.05) is 38.3 Å². The van der Waals surface area contributed by atoms with E-state index in [2.05, 4.69) is 10.2 Å². The molecule has 2 fully saturated rings. The van der Waals surface area contributed by atoms with Crippen LogP contribution in [0, 0.1) is 0 Å². The van der Waals surface area contributed by atoms with Gasteiger partial charge in [0.2, 0.25) is 0 Å². The van der Waals surface area contributed by atoms with E-state index in [4.69, 9.17) is 0 Å². The fourth-order valence-electron chi connectivity index (χ4n) is 3.57. The van der Waals surface area contributed by atoms with E-state index in [0.29, 0.717) is 25.2 Å². The second-order valence-corrected chi connectivity index (χ2v) is 6.03. The van der Waals surface area contributed by atoms with Crippen molar-refractivity contribution in [3.63, 3.8) is 0 Å². The maximum Gasteiger partial charge on any atom is 0.401 e. The van der Waals surface area contributed by atoms with Crippen LogP contribution in [0.15, 0.2) is 0 Å². The van der Waals surface area contributed by atoms with Gasteiger partial charge in [-0.05, 0) is 19.9 Å². The lowest BCUT2D eigenvalue weighted by Gasteiger charge is -2.42. The minimum atomic E-state index is -4.07. The van der Waals surface area contributed by atoms with Crippen molar-refractivity contribution in [1.82, 2.24) is 15.1 Å². The molecule has 2 rings (SSSR count). The van der Waals surface area contributed by atoms with Crippen LogP contribution in [0.4, 0.5) is 13.2 Å². The molecule has 1 aliphatic heterocycles. The molecule has 1 aliphatic carbocycles. The molecule has 0 bridgehead atoms. The monoisotopic (exact) mass is 293 g/mol. The second-order valence-electron chi connectivity index (χ2n) is 6.03. The van der Waals surface area contributed by atoms with Gasteiger partial charge in [-0.15, -0.1) is 0 Å². The maximum absolute atomic E-state index is 12.4. The number of nitrogens with one attached hydrogen (secondary N) is 1. The number of piperazine rings is 1. The average Bonchev–Trinajstić information content (AvgIpc) is 2.63. The molecule has 1 saturated heterocycles. The van der Waals surface area contributed by atoms with Crippen molar-refractivity contribution in [1.29, 1.82) is 0 Å². The summed E-state index contributed by atoms with van der Waals surface area (Å²) in [5.74, 6) is 0. The SMILES string of the molecule is CNC1CCCCCC1N1CCN(CC(F)(F)F)CC1. The standard InChI is InChI=1S/C14H26F3N3/c1-18-12-5-3-2-4-6-13(12)20-9-7-19(8-10-20)11-14(15,16)17/h12-13,18H,2-11H2,1H3. The highest BCUT2D eigenvalue weighted by atomic mass is 19.4. The van der Waals surface area contributed by atoms with E-state index in [1.165, 1.54) is 37.0 Å². The molecule has 0 amide bonds. The first-order chi connectivity index (χ1) is 9.49. The van der Waals surface area contributed by atoms with E-state index in [-0.39, 0.29) is 0 Å². The average molecular weight is 293 g/mol. The summed E-state index contributed by atoms with van der Waals surface area (Å²) in [6.07, 6.45) is 2.07. The van der Waals surface area contributed by atoms with Crippen molar-refractivity contribution in [2.45, 2.75) is 50.4 Å². The molecule has 2 unspecified atom stereocenters. The molecule has 0 spiro atoms. The normalized spacial score (nSPS) is 31.2. The number of hydrogen-bond acceptors (Lipinski definition) is 3. The van der Waals surface area contributed by atoms with Crippen molar-refractivity contribution < 1.29 is 13.2 Å². The van der Waals surface area contributed by atoms with Crippen molar-refractivity contribution in [2.75, 3.05) is 39.8 Å². The third-order valence-electron chi connectivity index (χ3n) is 4.63. The first-order valence-electron chi connectivity index (χ1n) is 7.70. The van der Waals surface area contributed by atoms with Crippen LogP contribution in [0.1, 0.15) is 32.1 Å². The number of rotatable bonds is 3. The number of likely N-dealkylation sites (N-methyl/N-ethyl adjacent to an activating group) is 1. The Hall–Kier alpha value is -0.330. The molecule has 1 N–H and O–H groups in total. The number of nitrogens with zero attached hydrogens (tertiary/aromatic N) is 2.